The number of halogens is 4. The predicted molar refractivity (Wildman–Crippen MR) is 119 cm³/mol. The fourth-order valence-corrected chi connectivity index (χ4v) is 5.16. The number of amides is 1. The lowest BCUT2D eigenvalue weighted by Crippen LogP contribution is -2.57. The Labute approximate surface area is 199 Å². The zero-order valence-corrected chi connectivity index (χ0v) is 18.9. The Balaban J connectivity index is 1.36. The van der Waals surface area contributed by atoms with Crippen molar-refractivity contribution >= 4 is 15.9 Å². The van der Waals surface area contributed by atoms with E-state index in [2.05, 4.69) is 5.32 Å². The molecule has 0 radical (unpaired) electrons. The summed E-state index contributed by atoms with van der Waals surface area (Å²) < 4.78 is 83.4. The van der Waals surface area contributed by atoms with E-state index in [0.717, 1.165) is 40.7 Å². The smallest absolute Gasteiger partial charge is 0.416 e. The maximum atomic E-state index is 13.1. The Morgan fingerprint density at radius 3 is 2.29 bits per heavy atom. The summed E-state index contributed by atoms with van der Waals surface area (Å²) in [6.07, 6.45) is -4.09. The van der Waals surface area contributed by atoms with Crippen molar-refractivity contribution in [2.75, 3.05) is 6.54 Å². The molecule has 0 spiro atoms. The number of benzene rings is 3. The minimum Gasteiger partial charge on any atom is -0.457 e. The molecule has 35 heavy (non-hydrogen) atoms. The highest BCUT2D eigenvalue weighted by molar-refractivity contribution is 7.89. The first-order valence-corrected chi connectivity index (χ1v) is 12.0. The van der Waals surface area contributed by atoms with Gasteiger partial charge in [0.15, 0.2) is 0 Å². The normalized spacial score (nSPS) is 16.4. The van der Waals surface area contributed by atoms with Crippen molar-refractivity contribution in [3.05, 3.63) is 89.7 Å². The summed E-state index contributed by atoms with van der Waals surface area (Å²) >= 11 is 0. The van der Waals surface area contributed by atoms with Crippen LogP contribution in [0.5, 0.6) is 11.5 Å². The van der Waals surface area contributed by atoms with Gasteiger partial charge < -0.3 is 10.1 Å². The van der Waals surface area contributed by atoms with E-state index in [0.29, 0.717) is 17.7 Å². The number of hydrogen-bond donors (Lipinski definition) is 1. The summed E-state index contributed by atoms with van der Waals surface area (Å²) in [6, 6.07) is 14.4. The summed E-state index contributed by atoms with van der Waals surface area (Å²) in [4.78, 5) is 12.5. The number of hydrogen-bond acceptors (Lipinski definition) is 4. The molecule has 6 nitrogen and oxygen atoms in total. The first kappa shape index (κ1) is 24.7. The topological polar surface area (TPSA) is 75.7 Å². The van der Waals surface area contributed by atoms with Gasteiger partial charge in [0.2, 0.25) is 15.9 Å². The molecule has 3 aromatic rings. The molecule has 1 aliphatic heterocycles. The molecule has 1 atom stereocenters. The molecule has 3 aromatic carbocycles. The van der Waals surface area contributed by atoms with E-state index in [9.17, 15) is 30.8 Å². The van der Waals surface area contributed by atoms with E-state index in [-0.39, 0.29) is 23.7 Å². The van der Waals surface area contributed by atoms with E-state index in [1.165, 1.54) is 12.1 Å². The van der Waals surface area contributed by atoms with Crippen LogP contribution in [0.2, 0.25) is 0 Å². The lowest BCUT2D eigenvalue weighted by atomic mass is 10.1. The van der Waals surface area contributed by atoms with Gasteiger partial charge in [-0.25, -0.2) is 12.8 Å². The first-order chi connectivity index (χ1) is 16.5. The van der Waals surface area contributed by atoms with Crippen LogP contribution >= 0.6 is 0 Å². The van der Waals surface area contributed by atoms with E-state index in [4.69, 9.17) is 4.74 Å². The van der Waals surface area contributed by atoms with Crippen LogP contribution in [0, 0.1) is 5.82 Å². The molecule has 1 saturated heterocycles. The molecule has 0 unspecified atom stereocenters. The first-order valence-electron chi connectivity index (χ1n) is 10.5. The fraction of sp³-hybridized carbons (Fsp3) is 0.208. The minimum absolute atomic E-state index is 0.0873. The summed E-state index contributed by atoms with van der Waals surface area (Å²) in [7, 11) is -3.93. The van der Waals surface area contributed by atoms with Gasteiger partial charge in [0.1, 0.15) is 23.4 Å². The number of rotatable bonds is 7. The van der Waals surface area contributed by atoms with E-state index in [1.54, 1.807) is 24.3 Å². The van der Waals surface area contributed by atoms with Gasteiger partial charge in [-0.1, -0.05) is 12.1 Å². The molecule has 1 amide bonds. The summed E-state index contributed by atoms with van der Waals surface area (Å²) in [5, 5.41) is 2.69. The van der Waals surface area contributed by atoms with Gasteiger partial charge in [-0.15, -0.1) is 0 Å². The van der Waals surface area contributed by atoms with Crippen LogP contribution in [0.3, 0.4) is 0 Å². The molecule has 1 N–H and O–H groups in total. The second-order valence-electron chi connectivity index (χ2n) is 7.86. The number of ether oxygens (including phenoxy) is 1. The molecule has 1 fully saturated rings. The van der Waals surface area contributed by atoms with Crippen molar-refractivity contribution < 1.29 is 35.5 Å². The van der Waals surface area contributed by atoms with Crippen LogP contribution in [-0.4, -0.2) is 31.2 Å². The SMILES string of the molecule is O=C(NCc1cccc(Oc2ccc(C(F)(F)F)cc2)c1)[C@@H]1CCN1S(=O)(=O)c1ccc(F)cc1. The number of sulfonamides is 1. The minimum atomic E-state index is -4.44. The molecule has 1 aliphatic rings. The summed E-state index contributed by atoms with van der Waals surface area (Å²) in [5.74, 6) is -0.460. The molecule has 4 rings (SSSR count). The fourth-order valence-electron chi connectivity index (χ4n) is 3.53. The predicted octanol–water partition coefficient (Wildman–Crippen LogP) is 4.72. The third kappa shape index (κ3) is 5.63. The standard InChI is InChI=1S/C24H20F4N2O4S/c25-18-6-10-21(11-7-18)35(32,33)30-13-12-22(30)23(31)29-15-16-2-1-3-20(14-16)34-19-8-4-17(5-9-19)24(26,27)28/h1-11,14,22H,12-13,15H2,(H,29,31)/t22-/m0/s1. The lowest BCUT2D eigenvalue weighted by Gasteiger charge is -2.38. The Bertz CT molecular complexity index is 1310. The van der Waals surface area contributed by atoms with Crippen LogP contribution in [0.1, 0.15) is 17.5 Å². The molecule has 0 aromatic heterocycles. The highest BCUT2D eigenvalue weighted by Gasteiger charge is 2.42. The van der Waals surface area contributed by atoms with Crippen molar-refractivity contribution in [2.24, 2.45) is 0 Å². The van der Waals surface area contributed by atoms with Crippen LogP contribution in [0.25, 0.3) is 0 Å². The average molecular weight is 508 g/mol. The quantitative estimate of drug-likeness (QED) is 0.469. The molecule has 11 heteroatoms. The van der Waals surface area contributed by atoms with E-state index < -0.39 is 39.5 Å². The van der Waals surface area contributed by atoms with Gasteiger partial charge >= 0.3 is 6.18 Å². The third-order valence-electron chi connectivity index (χ3n) is 5.48. The molecular formula is C24H20F4N2O4S. The van der Waals surface area contributed by atoms with Crippen LogP contribution in [-0.2, 0) is 27.5 Å². The van der Waals surface area contributed by atoms with Gasteiger partial charge in [0.05, 0.1) is 10.5 Å². The van der Waals surface area contributed by atoms with Gasteiger partial charge in [-0.05, 0) is 72.6 Å². The van der Waals surface area contributed by atoms with E-state index in [1.807, 2.05) is 0 Å². The van der Waals surface area contributed by atoms with Crippen molar-refractivity contribution in [3.8, 4) is 11.5 Å². The highest BCUT2D eigenvalue weighted by atomic mass is 32.2. The largest absolute Gasteiger partial charge is 0.457 e. The van der Waals surface area contributed by atoms with Crippen LogP contribution in [0.4, 0.5) is 17.6 Å². The Hall–Kier alpha value is -3.44. The molecular weight excluding hydrogens is 488 g/mol. The average Bonchev–Trinajstić information content (AvgIpc) is 2.77. The lowest BCUT2D eigenvalue weighted by molar-refractivity contribution is -0.137. The number of alkyl halides is 3. The van der Waals surface area contributed by atoms with Crippen molar-refractivity contribution in [2.45, 2.75) is 30.1 Å². The molecule has 1 heterocycles. The van der Waals surface area contributed by atoms with Gasteiger partial charge in [-0.2, -0.15) is 17.5 Å². The molecule has 0 aliphatic carbocycles. The van der Waals surface area contributed by atoms with Crippen molar-refractivity contribution in [3.63, 3.8) is 0 Å². The maximum absolute atomic E-state index is 13.1. The zero-order valence-electron chi connectivity index (χ0n) is 18.1. The van der Waals surface area contributed by atoms with Crippen LogP contribution < -0.4 is 10.1 Å². The number of nitrogens with zero attached hydrogens (tertiary/aromatic N) is 1. The zero-order chi connectivity index (χ0) is 25.2. The molecule has 0 saturated carbocycles. The van der Waals surface area contributed by atoms with E-state index >= 15 is 0 Å². The second-order valence-corrected chi connectivity index (χ2v) is 9.75. The molecule has 0 bridgehead atoms. The Morgan fingerprint density at radius 2 is 1.69 bits per heavy atom. The van der Waals surface area contributed by atoms with Crippen molar-refractivity contribution in [1.29, 1.82) is 0 Å². The summed E-state index contributed by atoms with van der Waals surface area (Å²) in [5.41, 5.74) is -0.136. The highest BCUT2D eigenvalue weighted by Crippen LogP contribution is 2.32. The Morgan fingerprint density at radius 1 is 1.00 bits per heavy atom. The van der Waals surface area contributed by atoms with Gasteiger partial charge in [0.25, 0.3) is 0 Å². The Kier molecular flexibility index (Phi) is 6.82. The third-order valence-corrected chi connectivity index (χ3v) is 7.40. The monoisotopic (exact) mass is 508 g/mol. The van der Waals surface area contributed by atoms with Crippen molar-refractivity contribution in [1.82, 2.24) is 9.62 Å². The summed E-state index contributed by atoms with van der Waals surface area (Å²) in [6.45, 7) is 0.262. The van der Waals surface area contributed by atoms with Gasteiger partial charge in [0, 0.05) is 13.1 Å². The number of carbonyl (C=O) groups excluding carboxylic acids is 1. The number of carbonyl (C=O) groups is 1. The molecule has 184 valence electrons. The number of nitrogens with one attached hydrogen (secondary N) is 1. The second kappa shape index (κ2) is 9.67. The van der Waals surface area contributed by atoms with Crippen LogP contribution in [0.15, 0.2) is 77.7 Å². The van der Waals surface area contributed by atoms with Gasteiger partial charge in [-0.3, -0.25) is 4.79 Å². The maximum Gasteiger partial charge on any atom is 0.416 e.